The van der Waals surface area contributed by atoms with Crippen LogP contribution < -0.4 is 11.1 Å². The monoisotopic (exact) mass is 255 g/mol. The standard InChI is InChI=1S/C11H18ClN5/c1-17-4-2-8(3-5-17)6-14-10-9(12)7-15-11(13)16-10/h7-8H,2-6H2,1H3,(H3,13,14,15,16). The van der Waals surface area contributed by atoms with Gasteiger partial charge in [0.25, 0.3) is 0 Å². The molecule has 0 unspecified atom stereocenters. The third kappa shape index (κ3) is 3.44. The summed E-state index contributed by atoms with van der Waals surface area (Å²) in [5, 5.41) is 3.78. The van der Waals surface area contributed by atoms with Gasteiger partial charge in [0.2, 0.25) is 5.95 Å². The van der Waals surface area contributed by atoms with Gasteiger partial charge < -0.3 is 16.0 Å². The van der Waals surface area contributed by atoms with Crippen molar-refractivity contribution < 1.29 is 0 Å². The van der Waals surface area contributed by atoms with Gasteiger partial charge in [0.1, 0.15) is 10.8 Å². The molecule has 1 aromatic heterocycles. The van der Waals surface area contributed by atoms with Crippen molar-refractivity contribution in [2.24, 2.45) is 5.92 Å². The largest absolute Gasteiger partial charge is 0.368 e. The Bertz CT molecular complexity index is 376. The van der Waals surface area contributed by atoms with Crippen molar-refractivity contribution in [2.45, 2.75) is 12.8 Å². The van der Waals surface area contributed by atoms with Crippen molar-refractivity contribution >= 4 is 23.4 Å². The Labute approximate surface area is 106 Å². The molecule has 0 spiro atoms. The van der Waals surface area contributed by atoms with Gasteiger partial charge in [-0.3, -0.25) is 0 Å². The molecule has 1 aliphatic rings. The van der Waals surface area contributed by atoms with E-state index in [4.69, 9.17) is 17.3 Å². The van der Waals surface area contributed by atoms with Gasteiger partial charge in [-0.05, 0) is 38.9 Å². The maximum Gasteiger partial charge on any atom is 0.222 e. The Balaban J connectivity index is 1.87. The second kappa shape index (κ2) is 5.51. The van der Waals surface area contributed by atoms with Gasteiger partial charge in [0.15, 0.2) is 0 Å². The predicted molar refractivity (Wildman–Crippen MR) is 70.2 cm³/mol. The normalized spacial score (nSPS) is 18.2. The lowest BCUT2D eigenvalue weighted by Crippen LogP contribution is -2.33. The number of nitrogens with zero attached hydrogens (tertiary/aromatic N) is 3. The van der Waals surface area contributed by atoms with E-state index >= 15 is 0 Å². The SMILES string of the molecule is CN1CCC(CNc2nc(N)ncc2Cl)CC1. The van der Waals surface area contributed by atoms with E-state index in [0.29, 0.717) is 16.8 Å². The van der Waals surface area contributed by atoms with Crippen LogP contribution in [0.5, 0.6) is 0 Å². The van der Waals surface area contributed by atoms with Gasteiger partial charge in [0.05, 0.1) is 6.20 Å². The number of rotatable bonds is 3. The Morgan fingerprint density at radius 3 is 2.94 bits per heavy atom. The van der Waals surface area contributed by atoms with Crippen molar-refractivity contribution in [3.63, 3.8) is 0 Å². The van der Waals surface area contributed by atoms with Crippen LogP contribution in [0.25, 0.3) is 0 Å². The molecule has 1 fully saturated rings. The summed E-state index contributed by atoms with van der Waals surface area (Å²) in [4.78, 5) is 10.3. The van der Waals surface area contributed by atoms with Crippen molar-refractivity contribution in [2.75, 3.05) is 37.7 Å². The lowest BCUT2D eigenvalue weighted by atomic mass is 9.97. The summed E-state index contributed by atoms with van der Waals surface area (Å²) in [6.45, 7) is 3.21. The molecule has 3 N–H and O–H groups in total. The number of anilines is 2. The van der Waals surface area contributed by atoms with Gasteiger partial charge in [0, 0.05) is 6.54 Å². The van der Waals surface area contributed by atoms with Crippen LogP contribution in [-0.4, -0.2) is 41.5 Å². The second-order valence-electron chi connectivity index (χ2n) is 4.55. The Morgan fingerprint density at radius 2 is 2.24 bits per heavy atom. The summed E-state index contributed by atoms with van der Waals surface area (Å²) in [5.41, 5.74) is 5.53. The molecule has 0 aliphatic carbocycles. The summed E-state index contributed by atoms with van der Waals surface area (Å²) in [5.74, 6) is 1.57. The Hall–Kier alpha value is -1.07. The molecule has 0 amide bonds. The fourth-order valence-corrected chi connectivity index (χ4v) is 2.17. The van der Waals surface area contributed by atoms with Crippen molar-refractivity contribution in [1.29, 1.82) is 0 Å². The summed E-state index contributed by atoms with van der Waals surface area (Å²) in [6, 6.07) is 0. The molecule has 1 aliphatic heterocycles. The van der Waals surface area contributed by atoms with Crippen LogP contribution in [0.4, 0.5) is 11.8 Å². The van der Waals surface area contributed by atoms with E-state index in [2.05, 4.69) is 27.2 Å². The number of nitrogens with two attached hydrogens (primary N) is 1. The molecular formula is C11H18ClN5. The van der Waals surface area contributed by atoms with Crippen molar-refractivity contribution in [3.05, 3.63) is 11.2 Å². The maximum absolute atomic E-state index is 5.99. The van der Waals surface area contributed by atoms with Gasteiger partial charge in [-0.15, -0.1) is 0 Å². The van der Waals surface area contributed by atoms with Crippen LogP contribution in [0.1, 0.15) is 12.8 Å². The molecule has 5 nitrogen and oxygen atoms in total. The first-order valence-corrected chi connectivity index (χ1v) is 6.23. The predicted octanol–water partition coefficient (Wildman–Crippen LogP) is 1.47. The smallest absolute Gasteiger partial charge is 0.222 e. The third-order valence-corrected chi connectivity index (χ3v) is 3.44. The van der Waals surface area contributed by atoms with Crippen LogP contribution >= 0.6 is 11.6 Å². The lowest BCUT2D eigenvalue weighted by Gasteiger charge is -2.29. The molecule has 17 heavy (non-hydrogen) atoms. The number of likely N-dealkylation sites (tertiary alicyclic amines) is 1. The number of nitrogen functional groups attached to an aromatic ring is 1. The van der Waals surface area contributed by atoms with E-state index < -0.39 is 0 Å². The summed E-state index contributed by atoms with van der Waals surface area (Å²) in [6.07, 6.45) is 3.95. The first kappa shape index (κ1) is 12.4. The number of nitrogens with one attached hydrogen (secondary N) is 1. The number of hydrogen-bond acceptors (Lipinski definition) is 5. The Kier molecular flexibility index (Phi) is 4.02. The lowest BCUT2D eigenvalue weighted by molar-refractivity contribution is 0.226. The van der Waals surface area contributed by atoms with E-state index in [1.807, 2.05) is 0 Å². The minimum Gasteiger partial charge on any atom is -0.368 e. The van der Waals surface area contributed by atoms with Gasteiger partial charge in [-0.25, -0.2) is 4.98 Å². The highest BCUT2D eigenvalue weighted by Gasteiger charge is 2.16. The molecule has 1 aromatic rings. The van der Waals surface area contributed by atoms with Crippen molar-refractivity contribution in [1.82, 2.24) is 14.9 Å². The van der Waals surface area contributed by atoms with Crippen LogP contribution in [0, 0.1) is 5.92 Å². The summed E-state index contributed by atoms with van der Waals surface area (Å²) >= 11 is 5.99. The fraction of sp³-hybridized carbons (Fsp3) is 0.636. The average Bonchev–Trinajstić information content (AvgIpc) is 2.32. The van der Waals surface area contributed by atoms with Gasteiger partial charge in [-0.1, -0.05) is 11.6 Å². The Morgan fingerprint density at radius 1 is 1.53 bits per heavy atom. The van der Waals surface area contributed by atoms with E-state index in [9.17, 15) is 0 Å². The van der Waals surface area contributed by atoms with E-state index in [1.165, 1.54) is 19.0 Å². The molecule has 0 aromatic carbocycles. The molecule has 0 atom stereocenters. The number of hydrogen-bond donors (Lipinski definition) is 2. The van der Waals surface area contributed by atoms with E-state index in [-0.39, 0.29) is 5.95 Å². The minimum absolute atomic E-state index is 0.250. The molecular weight excluding hydrogens is 238 g/mol. The molecule has 0 saturated carbocycles. The highest BCUT2D eigenvalue weighted by molar-refractivity contribution is 6.32. The molecule has 0 radical (unpaired) electrons. The quantitative estimate of drug-likeness (QED) is 0.856. The van der Waals surface area contributed by atoms with Gasteiger partial charge >= 0.3 is 0 Å². The van der Waals surface area contributed by atoms with Crippen LogP contribution in [-0.2, 0) is 0 Å². The second-order valence-corrected chi connectivity index (χ2v) is 4.96. The number of piperidine rings is 1. The number of halogens is 1. The minimum atomic E-state index is 0.250. The zero-order chi connectivity index (χ0) is 12.3. The summed E-state index contributed by atoms with van der Waals surface area (Å²) < 4.78 is 0. The number of aromatic nitrogens is 2. The van der Waals surface area contributed by atoms with Crippen LogP contribution in [0.15, 0.2) is 6.20 Å². The average molecular weight is 256 g/mol. The van der Waals surface area contributed by atoms with Gasteiger partial charge in [-0.2, -0.15) is 4.98 Å². The first-order valence-electron chi connectivity index (χ1n) is 5.85. The molecule has 1 saturated heterocycles. The first-order chi connectivity index (χ1) is 8.15. The third-order valence-electron chi connectivity index (χ3n) is 3.16. The summed E-state index contributed by atoms with van der Waals surface area (Å²) in [7, 11) is 2.16. The zero-order valence-electron chi connectivity index (χ0n) is 9.99. The molecule has 2 rings (SSSR count). The topological polar surface area (TPSA) is 67.1 Å². The molecule has 0 bridgehead atoms. The van der Waals surface area contributed by atoms with Crippen LogP contribution in [0.2, 0.25) is 5.02 Å². The molecule has 94 valence electrons. The zero-order valence-corrected chi connectivity index (χ0v) is 10.7. The van der Waals surface area contributed by atoms with Crippen molar-refractivity contribution in [3.8, 4) is 0 Å². The fourth-order valence-electron chi connectivity index (χ4n) is 2.01. The molecule has 2 heterocycles. The maximum atomic E-state index is 5.99. The van der Waals surface area contributed by atoms with E-state index in [0.717, 1.165) is 19.6 Å². The highest BCUT2D eigenvalue weighted by atomic mass is 35.5. The molecule has 6 heteroatoms. The highest BCUT2D eigenvalue weighted by Crippen LogP contribution is 2.21. The van der Waals surface area contributed by atoms with Crippen LogP contribution in [0.3, 0.4) is 0 Å². The van der Waals surface area contributed by atoms with E-state index in [1.54, 1.807) is 0 Å².